The van der Waals surface area contributed by atoms with E-state index in [4.69, 9.17) is 9.47 Å². The van der Waals surface area contributed by atoms with E-state index in [1.807, 2.05) is 6.92 Å². The summed E-state index contributed by atoms with van der Waals surface area (Å²) in [5.74, 6) is 1.86. The van der Waals surface area contributed by atoms with E-state index < -0.39 is 0 Å². The second-order valence-corrected chi connectivity index (χ2v) is 12.3. The monoisotopic (exact) mass is 574 g/mol. The van der Waals surface area contributed by atoms with Crippen LogP contribution in [0.1, 0.15) is 90.9 Å². The third-order valence-electron chi connectivity index (χ3n) is 6.39. The molecule has 0 radical (unpaired) electrons. The van der Waals surface area contributed by atoms with Gasteiger partial charge >= 0.3 is 205 Å². The van der Waals surface area contributed by atoms with Crippen LogP contribution in [0.15, 0.2) is 38.5 Å². The van der Waals surface area contributed by atoms with Gasteiger partial charge in [0.15, 0.2) is 0 Å². The van der Waals surface area contributed by atoms with Crippen molar-refractivity contribution in [3.8, 4) is 22.6 Å². The van der Waals surface area contributed by atoms with Gasteiger partial charge in [0.25, 0.3) is 0 Å². The first-order chi connectivity index (χ1) is 17.2. The Hall–Kier alpha value is -0.845. The van der Waals surface area contributed by atoms with E-state index in [-0.39, 0.29) is 0 Å². The predicted molar refractivity (Wildman–Crippen MR) is 162 cm³/mol. The Kier molecular flexibility index (Phi) is 13.2. The summed E-state index contributed by atoms with van der Waals surface area (Å²) in [4.78, 5) is 2.52. The zero-order valence-electron chi connectivity index (χ0n) is 21.5. The van der Waals surface area contributed by atoms with E-state index in [1.54, 1.807) is 21.6 Å². The third kappa shape index (κ3) is 8.89. The van der Waals surface area contributed by atoms with E-state index in [9.17, 15) is 0 Å². The van der Waals surface area contributed by atoms with Gasteiger partial charge in [-0.05, 0) is 0 Å². The minimum atomic E-state index is 0.757. The van der Waals surface area contributed by atoms with Gasteiger partial charge in [-0.3, -0.25) is 0 Å². The van der Waals surface area contributed by atoms with Crippen molar-refractivity contribution in [2.75, 3.05) is 13.2 Å². The quantitative estimate of drug-likeness (QED) is 0.106. The van der Waals surface area contributed by atoms with Gasteiger partial charge in [0.2, 0.25) is 0 Å². The molecule has 0 unspecified atom stereocenters. The van der Waals surface area contributed by atoms with Gasteiger partial charge in [0, 0.05) is 0 Å². The Labute approximate surface area is 230 Å². The van der Waals surface area contributed by atoms with Crippen molar-refractivity contribution < 1.29 is 9.47 Å². The van der Waals surface area contributed by atoms with Crippen LogP contribution in [0.2, 0.25) is 0 Å². The third-order valence-corrected chi connectivity index (χ3v) is 9.45. The van der Waals surface area contributed by atoms with Crippen LogP contribution in [-0.2, 0) is 0 Å². The molecule has 1 heterocycles. The summed E-state index contributed by atoms with van der Waals surface area (Å²) < 4.78 is 13.5. The zero-order valence-corrected chi connectivity index (χ0v) is 24.7. The number of ether oxygens (including phenoxy) is 2. The molecule has 6 heteroatoms. The Morgan fingerprint density at radius 3 is 1.74 bits per heavy atom. The van der Waals surface area contributed by atoms with E-state index in [2.05, 4.69) is 60.5 Å². The summed E-state index contributed by atoms with van der Waals surface area (Å²) in [5, 5.41) is 0. The summed E-state index contributed by atoms with van der Waals surface area (Å²) in [5.41, 5.74) is 3.53. The van der Waals surface area contributed by atoms with Crippen LogP contribution in [0, 0.1) is 0 Å². The molecule has 2 aromatic rings. The average molecular weight is 575 g/mol. The van der Waals surface area contributed by atoms with Crippen molar-refractivity contribution in [1.82, 2.24) is 0 Å². The van der Waals surface area contributed by atoms with Gasteiger partial charge in [-0.1, -0.05) is 26.2 Å². The summed E-state index contributed by atoms with van der Waals surface area (Å²) in [7, 11) is 3.61. The molecule has 0 aliphatic carbocycles. The standard InChI is InChI=1S/C29H40BBrO2S2/c1-4-6-8-10-12-14-16-32-26-18-22-23-19-27(33-17-15-13-11-9-7-5-2)25(31)21-29(23)35-34-28(22)20-24(26)30-3/h18-21H,3-17H2,1-2H3. The van der Waals surface area contributed by atoms with Gasteiger partial charge in [-0.2, -0.15) is 0 Å². The molecule has 2 nitrogen and oxygen atoms in total. The SMILES string of the molecule is C=Bc1cc2c(cc1OCCCCCCCC)-c1cc(OCCCCCCCC)c(Br)cc1SS2. The Bertz CT molecular complexity index is 951. The Balaban J connectivity index is 1.67. The maximum atomic E-state index is 6.26. The molecule has 0 spiro atoms. The summed E-state index contributed by atoms with van der Waals surface area (Å²) in [6.45, 7) is 12.0. The molecule has 0 saturated carbocycles. The molecule has 0 bridgehead atoms. The van der Waals surface area contributed by atoms with Gasteiger partial charge < -0.3 is 0 Å². The van der Waals surface area contributed by atoms with Crippen LogP contribution >= 0.6 is 37.5 Å². The van der Waals surface area contributed by atoms with Crippen molar-refractivity contribution >= 4 is 56.4 Å². The molecule has 0 fully saturated rings. The van der Waals surface area contributed by atoms with Gasteiger partial charge in [-0.25, -0.2) is 0 Å². The summed E-state index contributed by atoms with van der Waals surface area (Å²) in [6, 6.07) is 8.83. The van der Waals surface area contributed by atoms with E-state index in [0.29, 0.717) is 0 Å². The summed E-state index contributed by atoms with van der Waals surface area (Å²) in [6.07, 6.45) is 15.2. The van der Waals surface area contributed by atoms with Gasteiger partial charge in [-0.15, -0.1) is 0 Å². The van der Waals surface area contributed by atoms with Crippen LogP contribution in [0.3, 0.4) is 0 Å². The fraction of sp³-hybridized carbons (Fsp3) is 0.552. The number of halogens is 1. The second kappa shape index (κ2) is 16.1. The molecule has 1 aliphatic rings. The molecule has 190 valence electrons. The fourth-order valence-electron chi connectivity index (χ4n) is 4.28. The Morgan fingerprint density at radius 1 is 0.686 bits per heavy atom. The fourth-order valence-corrected chi connectivity index (χ4v) is 7.30. The van der Waals surface area contributed by atoms with Gasteiger partial charge in [0.1, 0.15) is 0 Å². The molecule has 0 N–H and O–H groups in total. The number of benzene rings is 2. The molecule has 0 aromatic heterocycles. The zero-order chi connectivity index (χ0) is 24.9. The van der Waals surface area contributed by atoms with Crippen molar-refractivity contribution in [1.29, 1.82) is 0 Å². The van der Waals surface area contributed by atoms with Crippen LogP contribution < -0.4 is 14.9 Å². The maximum absolute atomic E-state index is 6.26. The molecule has 1 aliphatic heterocycles. The predicted octanol–water partition coefficient (Wildman–Crippen LogP) is 9.47. The van der Waals surface area contributed by atoms with Gasteiger partial charge in [0.05, 0.1) is 0 Å². The summed E-state index contributed by atoms with van der Waals surface area (Å²) >= 11 is 3.73. The first-order valence-corrected chi connectivity index (χ1v) is 16.4. The van der Waals surface area contributed by atoms with E-state index in [1.165, 1.54) is 85.1 Å². The van der Waals surface area contributed by atoms with E-state index in [0.717, 1.165) is 47.5 Å². The number of rotatable bonds is 17. The van der Waals surface area contributed by atoms with E-state index >= 15 is 0 Å². The molecule has 3 rings (SSSR count). The number of fused-ring (bicyclic) bond motifs is 3. The molecule has 35 heavy (non-hydrogen) atoms. The second-order valence-electron chi connectivity index (χ2n) is 9.27. The molecule has 2 aromatic carbocycles. The average Bonchev–Trinajstić information content (AvgIpc) is 2.87. The molecular weight excluding hydrogens is 535 g/mol. The number of hydrogen-bond acceptors (Lipinski definition) is 4. The number of hydrogen-bond donors (Lipinski definition) is 0. The van der Waals surface area contributed by atoms with Crippen LogP contribution in [0.25, 0.3) is 11.1 Å². The molecule has 0 amide bonds. The van der Waals surface area contributed by atoms with Crippen LogP contribution in [-0.4, -0.2) is 26.6 Å². The molecule has 0 atom stereocenters. The molecular formula is C29H40BBrO2S2. The minimum absolute atomic E-state index is 0.757. The van der Waals surface area contributed by atoms with Crippen LogP contribution in [0.4, 0.5) is 0 Å². The van der Waals surface area contributed by atoms with Crippen LogP contribution in [0.5, 0.6) is 11.5 Å². The van der Waals surface area contributed by atoms with Crippen molar-refractivity contribution in [2.24, 2.45) is 0 Å². The normalized spacial score (nSPS) is 12.1. The van der Waals surface area contributed by atoms with Crippen molar-refractivity contribution in [2.45, 2.75) is 101 Å². The topological polar surface area (TPSA) is 18.5 Å². The first-order valence-electron chi connectivity index (χ1n) is 13.4. The van der Waals surface area contributed by atoms with Crippen molar-refractivity contribution in [3.63, 3.8) is 0 Å². The van der Waals surface area contributed by atoms with Crippen molar-refractivity contribution in [3.05, 3.63) is 28.7 Å². The molecule has 0 saturated heterocycles. The first kappa shape index (κ1) is 28.7. The Morgan fingerprint density at radius 2 is 1.17 bits per heavy atom. The number of unbranched alkanes of at least 4 members (excludes halogenated alkanes) is 10.